The maximum atomic E-state index is 11.9. The van der Waals surface area contributed by atoms with Gasteiger partial charge in [0.2, 0.25) is 0 Å². The summed E-state index contributed by atoms with van der Waals surface area (Å²) in [6, 6.07) is 6.88. The largest absolute Gasteiger partial charge is 0.393 e. The fourth-order valence-electron chi connectivity index (χ4n) is 2.38. The number of hydrogen-bond acceptors (Lipinski definition) is 2. The van der Waals surface area contributed by atoms with E-state index in [-0.39, 0.29) is 17.9 Å². The maximum absolute atomic E-state index is 11.9. The summed E-state index contributed by atoms with van der Waals surface area (Å²) in [5.74, 6) is 0.0529. The highest BCUT2D eigenvalue weighted by molar-refractivity contribution is 6.30. The summed E-state index contributed by atoms with van der Waals surface area (Å²) in [7, 11) is 0. The van der Waals surface area contributed by atoms with E-state index in [2.05, 4.69) is 5.32 Å². The van der Waals surface area contributed by atoms with E-state index in [1.165, 1.54) is 0 Å². The van der Waals surface area contributed by atoms with Crippen LogP contribution in [0.25, 0.3) is 0 Å². The third-order valence-electron chi connectivity index (χ3n) is 3.48. The molecule has 1 fully saturated rings. The summed E-state index contributed by atoms with van der Waals surface area (Å²) in [6.07, 6.45) is 3.77. The molecular formula is C14H18ClNO2. The number of nitrogens with one attached hydrogen (secondary N) is 1. The first-order chi connectivity index (χ1) is 8.66. The van der Waals surface area contributed by atoms with Crippen molar-refractivity contribution in [3.05, 3.63) is 34.9 Å². The zero-order chi connectivity index (χ0) is 13.0. The van der Waals surface area contributed by atoms with Gasteiger partial charge in [0.25, 0.3) is 5.91 Å². The Hall–Kier alpha value is -1.06. The molecule has 1 aromatic rings. The summed E-state index contributed by atoms with van der Waals surface area (Å²) in [6.45, 7) is 0.534. The van der Waals surface area contributed by atoms with Gasteiger partial charge in [0.05, 0.1) is 6.10 Å². The van der Waals surface area contributed by atoms with Crippen LogP contribution in [-0.4, -0.2) is 23.7 Å². The molecule has 98 valence electrons. The van der Waals surface area contributed by atoms with E-state index < -0.39 is 0 Å². The Balaban J connectivity index is 1.88. The Morgan fingerprint density at radius 3 is 2.89 bits per heavy atom. The molecule has 1 aliphatic rings. The monoisotopic (exact) mass is 267 g/mol. The second kappa shape index (κ2) is 6.21. The highest BCUT2D eigenvalue weighted by Crippen LogP contribution is 2.23. The van der Waals surface area contributed by atoms with Crippen LogP contribution >= 0.6 is 11.6 Å². The van der Waals surface area contributed by atoms with Gasteiger partial charge in [-0.3, -0.25) is 4.79 Å². The molecule has 0 aromatic heterocycles. The summed E-state index contributed by atoms with van der Waals surface area (Å²) in [5.41, 5.74) is 0.563. The van der Waals surface area contributed by atoms with E-state index in [0.717, 1.165) is 25.7 Å². The molecule has 2 unspecified atom stereocenters. The van der Waals surface area contributed by atoms with E-state index in [1.54, 1.807) is 24.3 Å². The Bertz CT molecular complexity index is 422. The van der Waals surface area contributed by atoms with Crippen molar-refractivity contribution in [3.8, 4) is 0 Å². The number of carbonyl (C=O) groups is 1. The fourth-order valence-corrected chi connectivity index (χ4v) is 2.57. The van der Waals surface area contributed by atoms with Gasteiger partial charge in [0.15, 0.2) is 0 Å². The van der Waals surface area contributed by atoms with Gasteiger partial charge in [-0.05, 0) is 31.0 Å². The zero-order valence-corrected chi connectivity index (χ0v) is 11.0. The third-order valence-corrected chi connectivity index (χ3v) is 3.72. The molecule has 0 saturated heterocycles. The molecular weight excluding hydrogens is 250 g/mol. The minimum absolute atomic E-state index is 0.129. The van der Waals surface area contributed by atoms with Crippen LogP contribution in [0.1, 0.15) is 36.0 Å². The first-order valence-corrected chi connectivity index (χ1v) is 6.76. The molecule has 3 nitrogen and oxygen atoms in total. The summed E-state index contributed by atoms with van der Waals surface area (Å²) in [5, 5.41) is 13.2. The molecule has 2 rings (SSSR count). The van der Waals surface area contributed by atoms with Crippen LogP contribution in [0.15, 0.2) is 24.3 Å². The molecule has 0 heterocycles. The number of rotatable bonds is 3. The van der Waals surface area contributed by atoms with Crippen molar-refractivity contribution in [2.45, 2.75) is 31.8 Å². The lowest BCUT2D eigenvalue weighted by molar-refractivity contribution is 0.0663. The number of aliphatic hydroxyl groups excluding tert-OH is 1. The number of benzene rings is 1. The summed E-state index contributed by atoms with van der Waals surface area (Å²) in [4.78, 5) is 11.9. The highest BCUT2D eigenvalue weighted by Gasteiger charge is 2.23. The molecule has 1 saturated carbocycles. The topological polar surface area (TPSA) is 49.3 Å². The number of carbonyl (C=O) groups excluding carboxylic acids is 1. The van der Waals surface area contributed by atoms with Crippen molar-refractivity contribution in [2.75, 3.05) is 6.54 Å². The molecule has 0 bridgehead atoms. The standard InChI is InChI=1S/C14H18ClNO2/c15-12-6-3-5-10(8-12)14(18)16-9-11-4-1-2-7-13(11)17/h3,5-6,8,11,13,17H,1-2,4,7,9H2,(H,16,18). The Labute approximate surface area is 112 Å². The van der Waals surface area contributed by atoms with E-state index in [0.29, 0.717) is 17.1 Å². The second-order valence-corrected chi connectivity index (χ2v) is 5.27. The fraction of sp³-hybridized carbons (Fsp3) is 0.500. The van der Waals surface area contributed by atoms with Gasteiger partial charge < -0.3 is 10.4 Å². The first-order valence-electron chi connectivity index (χ1n) is 6.38. The van der Waals surface area contributed by atoms with Crippen LogP contribution in [0.4, 0.5) is 0 Å². The van der Waals surface area contributed by atoms with Crippen molar-refractivity contribution in [1.29, 1.82) is 0 Å². The van der Waals surface area contributed by atoms with E-state index in [9.17, 15) is 9.90 Å². The molecule has 2 N–H and O–H groups in total. The molecule has 18 heavy (non-hydrogen) atoms. The zero-order valence-electron chi connectivity index (χ0n) is 10.2. The van der Waals surface area contributed by atoms with Crippen LogP contribution in [0.2, 0.25) is 5.02 Å². The van der Waals surface area contributed by atoms with Gasteiger partial charge in [-0.25, -0.2) is 0 Å². The van der Waals surface area contributed by atoms with E-state index >= 15 is 0 Å². The first kappa shape index (κ1) is 13.4. The normalized spacial score (nSPS) is 23.7. The van der Waals surface area contributed by atoms with Crippen LogP contribution in [0.5, 0.6) is 0 Å². The Morgan fingerprint density at radius 1 is 1.39 bits per heavy atom. The average molecular weight is 268 g/mol. The molecule has 1 amide bonds. The Morgan fingerprint density at radius 2 is 2.17 bits per heavy atom. The molecule has 1 aliphatic carbocycles. The highest BCUT2D eigenvalue weighted by atomic mass is 35.5. The number of aliphatic hydroxyl groups is 1. The van der Waals surface area contributed by atoms with Crippen LogP contribution in [-0.2, 0) is 0 Å². The van der Waals surface area contributed by atoms with Crippen molar-refractivity contribution >= 4 is 17.5 Å². The predicted octanol–water partition coefficient (Wildman–Crippen LogP) is 2.62. The van der Waals surface area contributed by atoms with Gasteiger partial charge in [-0.2, -0.15) is 0 Å². The second-order valence-electron chi connectivity index (χ2n) is 4.83. The third kappa shape index (κ3) is 3.47. The predicted molar refractivity (Wildman–Crippen MR) is 71.8 cm³/mol. The van der Waals surface area contributed by atoms with E-state index in [1.807, 2.05) is 0 Å². The molecule has 2 atom stereocenters. The van der Waals surface area contributed by atoms with Gasteiger partial charge in [-0.1, -0.05) is 30.5 Å². The smallest absolute Gasteiger partial charge is 0.251 e. The number of hydrogen-bond donors (Lipinski definition) is 2. The molecule has 4 heteroatoms. The van der Waals surface area contributed by atoms with Crippen molar-refractivity contribution in [2.24, 2.45) is 5.92 Å². The molecule has 0 spiro atoms. The lowest BCUT2D eigenvalue weighted by Gasteiger charge is -2.27. The minimum Gasteiger partial charge on any atom is -0.393 e. The summed E-state index contributed by atoms with van der Waals surface area (Å²) < 4.78 is 0. The lowest BCUT2D eigenvalue weighted by Crippen LogP contribution is -2.36. The number of amides is 1. The van der Waals surface area contributed by atoms with Crippen LogP contribution in [0.3, 0.4) is 0 Å². The lowest BCUT2D eigenvalue weighted by atomic mass is 9.86. The summed E-state index contributed by atoms with van der Waals surface area (Å²) >= 11 is 5.84. The molecule has 1 aromatic carbocycles. The molecule has 0 aliphatic heterocycles. The van der Waals surface area contributed by atoms with Crippen LogP contribution in [0, 0.1) is 5.92 Å². The van der Waals surface area contributed by atoms with Gasteiger partial charge in [-0.15, -0.1) is 0 Å². The Kier molecular flexibility index (Phi) is 4.61. The van der Waals surface area contributed by atoms with Gasteiger partial charge in [0.1, 0.15) is 0 Å². The quantitative estimate of drug-likeness (QED) is 0.885. The van der Waals surface area contributed by atoms with Crippen molar-refractivity contribution in [1.82, 2.24) is 5.32 Å². The van der Waals surface area contributed by atoms with Crippen LogP contribution < -0.4 is 5.32 Å². The number of halogens is 1. The van der Waals surface area contributed by atoms with E-state index in [4.69, 9.17) is 11.6 Å². The van der Waals surface area contributed by atoms with Gasteiger partial charge >= 0.3 is 0 Å². The average Bonchev–Trinajstić information content (AvgIpc) is 2.37. The van der Waals surface area contributed by atoms with Crippen molar-refractivity contribution in [3.63, 3.8) is 0 Å². The SMILES string of the molecule is O=C(NCC1CCCCC1O)c1cccc(Cl)c1. The minimum atomic E-state index is -0.279. The van der Waals surface area contributed by atoms with Gasteiger partial charge in [0, 0.05) is 23.0 Å². The van der Waals surface area contributed by atoms with Crippen molar-refractivity contribution < 1.29 is 9.90 Å². The molecule has 0 radical (unpaired) electrons. The maximum Gasteiger partial charge on any atom is 0.251 e.